The van der Waals surface area contributed by atoms with Crippen LogP contribution >= 0.6 is 0 Å². The average molecular weight is 402 g/mol. The molecule has 30 heavy (non-hydrogen) atoms. The van der Waals surface area contributed by atoms with Crippen molar-refractivity contribution in [1.82, 2.24) is 19.7 Å². The van der Waals surface area contributed by atoms with E-state index in [9.17, 15) is 14.3 Å². The van der Waals surface area contributed by atoms with Crippen LogP contribution in [0.3, 0.4) is 0 Å². The summed E-state index contributed by atoms with van der Waals surface area (Å²) >= 11 is 0. The van der Waals surface area contributed by atoms with Crippen LogP contribution in [0.5, 0.6) is 0 Å². The maximum absolute atomic E-state index is 13.6. The summed E-state index contributed by atoms with van der Waals surface area (Å²) in [7, 11) is 0. The van der Waals surface area contributed by atoms with Crippen LogP contribution in [0.4, 0.5) is 4.39 Å². The van der Waals surface area contributed by atoms with Crippen molar-refractivity contribution in [3.63, 3.8) is 0 Å². The number of rotatable bonds is 4. The Morgan fingerprint density at radius 2 is 1.90 bits per heavy atom. The van der Waals surface area contributed by atoms with Gasteiger partial charge in [0.25, 0.3) is 5.91 Å². The van der Waals surface area contributed by atoms with Crippen LogP contribution < -0.4 is 0 Å². The summed E-state index contributed by atoms with van der Waals surface area (Å²) in [6.07, 6.45) is 1.15. The molecule has 0 bridgehead atoms. The third-order valence-electron chi connectivity index (χ3n) is 5.28. The molecule has 4 aromatic rings. The molecule has 0 radical (unpaired) electrons. The van der Waals surface area contributed by atoms with Gasteiger partial charge in [0.2, 0.25) is 0 Å². The number of hydrogen-bond acceptors (Lipinski definition) is 4. The highest BCUT2D eigenvalue weighted by atomic mass is 19.1. The van der Waals surface area contributed by atoms with Crippen LogP contribution in [-0.2, 0) is 6.54 Å². The molecule has 1 aliphatic heterocycles. The van der Waals surface area contributed by atoms with E-state index in [0.717, 1.165) is 11.1 Å². The van der Waals surface area contributed by atoms with Gasteiger partial charge >= 0.3 is 0 Å². The largest absolute Gasteiger partial charge is 0.389 e. The second kappa shape index (κ2) is 7.35. The molecule has 2 aromatic heterocycles. The van der Waals surface area contributed by atoms with E-state index >= 15 is 0 Å². The minimum absolute atomic E-state index is 0.157. The summed E-state index contributed by atoms with van der Waals surface area (Å²) in [5, 5.41) is 14.7. The fraction of sp³-hybridized carbons (Fsp3) is 0.174. The number of fused-ring (bicyclic) bond motifs is 1. The topological polar surface area (TPSA) is 71.2 Å². The van der Waals surface area contributed by atoms with E-state index in [1.54, 1.807) is 27.9 Å². The van der Waals surface area contributed by atoms with Gasteiger partial charge in [0.1, 0.15) is 5.82 Å². The number of benzene rings is 2. The summed E-state index contributed by atoms with van der Waals surface area (Å²) < 4.78 is 15.3. The molecular formula is C23H19FN4O2. The molecule has 1 fully saturated rings. The molecule has 1 aliphatic rings. The van der Waals surface area contributed by atoms with Crippen molar-refractivity contribution < 1.29 is 14.3 Å². The number of carbonyl (C=O) groups excluding carboxylic acids is 1. The predicted molar refractivity (Wildman–Crippen MR) is 110 cm³/mol. The minimum Gasteiger partial charge on any atom is -0.389 e. The Kier molecular flexibility index (Phi) is 4.52. The van der Waals surface area contributed by atoms with E-state index in [1.165, 1.54) is 12.1 Å². The molecule has 5 rings (SSSR count). The van der Waals surface area contributed by atoms with E-state index in [4.69, 9.17) is 4.98 Å². The van der Waals surface area contributed by atoms with Crippen molar-refractivity contribution in [1.29, 1.82) is 0 Å². The number of aliphatic hydroxyl groups excluding tert-OH is 1. The van der Waals surface area contributed by atoms with Crippen LogP contribution in [0.15, 0.2) is 66.9 Å². The van der Waals surface area contributed by atoms with Crippen molar-refractivity contribution in [2.75, 3.05) is 13.1 Å². The van der Waals surface area contributed by atoms with Crippen LogP contribution in [0, 0.1) is 5.82 Å². The number of hydrogen-bond donors (Lipinski definition) is 1. The molecule has 1 amide bonds. The summed E-state index contributed by atoms with van der Waals surface area (Å²) in [6.45, 7) is 0.976. The first-order chi connectivity index (χ1) is 14.6. The van der Waals surface area contributed by atoms with E-state index in [2.05, 4.69) is 5.10 Å². The molecule has 3 heterocycles. The lowest BCUT2D eigenvalue weighted by Crippen LogP contribution is -2.53. The molecule has 0 unspecified atom stereocenters. The third-order valence-corrected chi connectivity index (χ3v) is 5.28. The lowest BCUT2D eigenvalue weighted by Gasteiger charge is -2.36. The monoisotopic (exact) mass is 402 g/mol. The summed E-state index contributed by atoms with van der Waals surface area (Å²) in [5.74, 6) is -0.468. The Hall–Kier alpha value is -3.58. The van der Waals surface area contributed by atoms with Gasteiger partial charge in [-0.15, -0.1) is 0 Å². The van der Waals surface area contributed by atoms with Gasteiger partial charge in [0, 0.05) is 18.7 Å². The van der Waals surface area contributed by atoms with Crippen LogP contribution in [-0.4, -0.2) is 49.9 Å². The molecule has 2 aromatic carbocycles. The SMILES string of the molecule is O=C(c1cc(-c2ccccc2)nc2c1cnn2Cc1cccc(F)c1)N1CC(O)C1. The number of amides is 1. The van der Waals surface area contributed by atoms with Crippen molar-refractivity contribution in [3.8, 4) is 11.3 Å². The van der Waals surface area contributed by atoms with Gasteiger partial charge in [0.05, 0.1) is 35.5 Å². The van der Waals surface area contributed by atoms with Gasteiger partial charge in [-0.05, 0) is 23.8 Å². The Morgan fingerprint density at radius 3 is 2.63 bits per heavy atom. The number of carbonyl (C=O) groups is 1. The predicted octanol–water partition coefficient (Wildman–Crippen LogP) is 3.10. The number of aromatic nitrogens is 3. The number of likely N-dealkylation sites (tertiary alicyclic amines) is 1. The second-order valence-electron chi connectivity index (χ2n) is 7.45. The van der Waals surface area contributed by atoms with Crippen LogP contribution in [0.1, 0.15) is 15.9 Å². The fourth-order valence-corrected chi connectivity index (χ4v) is 3.70. The van der Waals surface area contributed by atoms with Crippen molar-refractivity contribution in [2.45, 2.75) is 12.6 Å². The van der Waals surface area contributed by atoms with E-state index in [0.29, 0.717) is 41.9 Å². The standard InChI is InChI=1S/C23H19FN4O2/c24-17-8-4-5-15(9-17)12-28-22-20(11-25-28)19(23(30)27-13-18(29)14-27)10-21(26-22)16-6-2-1-3-7-16/h1-11,18,29H,12-14H2. The maximum Gasteiger partial charge on any atom is 0.254 e. The maximum atomic E-state index is 13.6. The lowest BCUT2D eigenvalue weighted by atomic mass is 10.0. The van der Waals surface area contributed by atoms with Crippen molar-refractivity contribution in [3.05, 3.63) is 83.8 Å². The first-order valence-electron chi connectivity index (χ1n) is 9.72. The summed E-state index contributed by atoms with van der Waals surface area (Å²) in [5.41, 5.74) is 3.36. The molecule has 7 heteroatoms. The zero-order chi connectivity index (χ0) is 20.7. The number of halogens is 1. The first kappa shape index (κ1) is 18.4. The minimum atomic E-state index is -0.476. The highest BCUT2D eigenvalue weighted by molar-refractivity contribution is 6.06. The highest BCUT2D eigenvalue weighted by Crippen LogP contribution is 2.27. The Labute approximate surface area is 172 Å². The lowest BCUT2D eigenvalue weighted by molar-refractivity contribution is 0.00603. The van der Waals surface area contributed by atoms with E-state index in [-0.39, 0.29) is 11.7 Å². The van der Waals surface area contributed by atoms with Gasteiger partial charge in [-0.1, -0.05) is 42.5 Å². The molecule has 0 atom stereocenters. The quantitative estimate of drug-likeness (QED) is 0.569. The van der Waals surface area contributed by atoms with Gasteiger partial charge in [-0.25, -0.2) is 14.1 Å². The summed E-state index contributed by atoms with van der Waals surface area (Å²) in [6, 6.07) is 17.7. The Morgan fingerprint density at radius 1 is 1.10 bits per heavy atom. The van der Waals surface area contributed by atoms with Crippen molar-refractivity contribution >= 4 is 16.9 Å². The zero-order valence-electron chi connectivity index (χ0n) is 16.1. The van der Waals surface area contributed by atoms with Gasteiger partial charge in [-0.2, -0.15) is 5.10 Å². The Balaban J connectivity index is 1.63. The third kappa shape index (κ3) is 3.33. The number of pyridine rings is 1. The van der Waals surface area contributed by atoms with Gasteiger partial charge in [0.15, 0.2) is 5.65 Å². The molecule has 1 saturated heterocycles. The molecule has 1 N–H and O–H groups in total. The first-order valence-corrected chi connectivity index (χ1v) is 9.72. The van der Waals surface area contributed by atoms with Crippen LogP contribution in [0.2, 0.25) is 0 Å². The van der Waals surface area contributed by atoms with E-state index < -0.39 is 6.10 Å². The van der Waals surface area contributed by atoms with Crippen molar-refractivity contribution in [2.24, 2.45) is 0 Å². The highest BCUT2D eigenvalue weighted by Gasteiger charge is 2.31. The summed E-state index contributed by atoms with van der Waals surface area (Å²) in [4.78, 5) is 19.5. The Bertz CT molecular complexity index is 1230. The number of aliphatic hydroxyl groups is 1. The molecule has 0 aliphatic carbocycles. The molecule has 150 valence electrons. The number of nitrogens with zero attached hydrogens (tertiary/aromatic N) is 4. The van der Waals surface area contributed by atoms with E-state index in [1.807, 2.05) is 36.4 Å². The molecule has 0 spiro atoms. The molecule has 6 nitrogen and oxygen atoms in total. The van der Waals surface area contributed by atoms with Gasteiger partial charge < -0.3 is 10.0 Å². The smallest absolute Gasteiger partial charge is 0.254 e. The zero-order valence-corrected chi connectivity index (χ0v) is 16.1. The molecule has 0 saturated carbocycles. The average Bonchev–Trinajstić information content (AvgIpc) is 3.13. The fourth-order valence-electron chi connectivity index (χ4n) is 3.70. The second-order valence-corrected chi connectivity index (χ2v) is 7.45. The van der Waals surface area contributed by atoms with Gasteiger partial charge in [-0.3, -0.25) is 4.79 Å². The molecular weight excluding hydrogens is 383 g/mol. The normalized spacial score (nSPS) is 14.1. The number of β-amino-alcohol motifs (C(OH)–C–C–N with tert-alkyl or cyclic N) is 1. The van der Waals surface area contributed by atoms with Crippen LogP contribution in [0.25, 0.3) is 22.3 Å².